The minimum absolute atomic E-state index is 0.125. The van der Waals surface area contributed by atoms with Gasteiger partial charge in [-0.15, -0.1) is 0 Å². The maximum Gasteiger partial charge on any atom is 0.223 e. The van der Waals surface area contributed by atoms with E-state index in [2.05, 4.69) is 14.7 Å². The minimum Gasteiger partial charge on any atom is -0.393 e. The fraction of sp³-hybridized carbons (Fsp3) is 0.600. The van der Waals surface area contributed by atoms with E-state index in [1.54, 1.807) is 6.92 Å². The summed E-state index contributed by atoms with van der Waals surface area (Å²) in [5, 5.41) is 20.7. The van der Waals surface area contributed by atoms with Crippen LogP contribution in [-0.2, 0) is 0 Å². The number of nitrogens with zero attached hydrogens (tertiary/aromatic N) is 2. The van der Waals surface area contributed by atoms with Gasteiger partial charge in [0.05, 0.1) is 6.61 Å². The molecule has 0 aliphatic rings. The van der Waals surface area contributed by atoms with Crippen molar-refractivity contribution in [1.29, 1.82) is 0 Å². The molecule has 1 aromatic rings. The van der Waals surface area contributed by atoms with E-state index in [0.29, 0.717) is 5.89 Å². The van der Waals surface area contributed by atoms with E-state index < -0.39 is 6.10 Å². The zero-order valence-electron chi connectivity index (χ0n) is 5.48. The second-order valence-corrected chi connectivity index (χ2v) is 1.87. The van der Waals surface area contributed by atoms with Crippen LogP contribution < -0.4 is 0 Å². The fourth-order valence-electron chi connectivity index (χ4n) is 0.532. The molecule has 0 spiro atoms. The van der Waals surface area contributed by atoms with E-state index in [0.717, 1.165) is 0 Å². The Kier molecular flexibility index (Phi) is 1.98. The maximum atomic E-state index is 8.91. The monoisotopic (exact) mass is 144 g/mol. The second-order valence-electron chi connectivity index (χ2n) is 1.87. The molecule has 0 amide bonds. The molecule has 0 bridgehead atoms. The zero-order valence-corrected chi connectivity index (χ0v) is 5.48. The maximum absolute atomic E-state index is 8.91. The Morgan fingerprint density at radius 3 is 2.80 bits per heavy atom. The number of aromatic nitrogens is 2. The molecule has 0 unspecified atom stereocenters. The van der Waals surface area contributed by atoms with Crippen LogP contribution in [0.15, 0.2) is 4.52 Å². The Hall–Kier alpha value is -0.940. The molecule has 0 aromatic carbocycles. The fourth-order valence-corrected chi connectivity index (χ4v) is 0.532. The molecule has 0 saturated heterocycles. The van der Waals surface area contributed by atoms with Crippen LogP contribution in [0.2, 0.25) is 0 Å². The summed E-state index contributed by atoms with van der Waals surface area (Å²) in [6.07, 6.45) is -1.03. The molecule has 2 N–H and O–H groups in total. The van der Waals surface area contributed by atoms with Gasteiger partial charge in [0.1, 0.15) is 6.10 Å². The van der Waals surface area contributed by atoms with Crippen LogP contribution in [0, 0.1) is 6.92 Å². The minimum atomic E-state index is -1.03. The average molecular weight is 144 g/mol. The molecular formula is C5H8N2O3. The first-order valence-electron chi connectivity index (χ1n) is 2.83. The molecular weight excluding hydrogens is 136 g/mol. The van der Waals surface area contributed by atoms with Gasteiger partial charge in [0.15, 0.2) is 0 Å². The zero-order chi connectivity index (χ0) is 7.56. The molecule has 1 aromatic heterocycles. The Balaban J connectivity index is 2.74. The normalized spacial score (nSPS) is 13.5. The van der Waals surface area contributed by atoms with Crippen LogP contribution in [0.3, 0.4) is 0 Å². The predicted molar refractivity (Wildman–Crippen MR) is 31.1 cm³/mol. The van der Waals surface area contributed by atoms with Crippen molar-refractivity contribution in [2.45, 2.75) is 13.0 Å². The summed E-state index contributed by atoms with van der Waals surface area (Å²) in [5.41, 5.74) is 0. The number of rotatable bonds is 2. The highest BCUT2D eigenvalue weighted by Gasteiger charge is 2.11. The van der Waals surface area contributed by atoms with E-state index in [1.165, 1.54) is 0 Å². The van der Waals surface area contributed by atoms with Gasteiger partial charge in [0.2, 0.25) is 11.7 Å². The van der Waals surface area contributed by atoms with Gasteiger partial charge >= 0.3 is 0 Å². The van der Waals surface area contributed by atoms with Gasteiger partial charge in [-0.25, -0.2) is 0 Å². The van der Waals surface area contributed by atoms with Crippen molar-refractivity contribution < 1.29 is 14.7 Å². The van der Waals surface area contributed by atoms with Crippen LogP contribution in [0.4, 0.5) is 0 Å². The summed E-state index contributed by atoms with van der Waals surface area (Å²) < 4.78 is 4.56. The lowest BCUT2D eigenvalue weighted by Gasteiger charge is -1.96. The Morgan fingerprint density at radius 2 is 2.40 bits per heavy atom. The lowest BCUT2D eigenvalue weighted by molar-refractivity contribution is 0.0865. The number of aryl methyl sites for hydroxylation is 1. The van der Waals surface area contributed by atoms with Gasteiger partial charge in [-0.3, -0.25) is 0 Å². The summed E-state index contributed by atoms with van der Waals surface area (Å²) >= 11 is 0. The molecule has 0 aliphatic heterocycles. The van der Waals surface area contributed by atoms with E-state index in [4.69, 9.17) is 10.2 Å². The Morgan fingerprint density at radius 1 is 1.70 bits per heavy atom. The van der Waals surface area contributed by atoms with Crippen molar-refractivity contribution >= 4 is 0 Å². The predicted octanol–water partition coefficient (Wildman–Crippen LogP) is -0.596. The first-order chi connectivity index (χ1) is 4.74. The third-order valence-corrected chi connectivity index (χ3v) is 1.01. The summed E-state index contributed by atoms with van der Waals surface area (Å²) in [7, 11) is 0. The largest absolute Gasteiger partial charge is 0.393 e. The number of aliphatic hydroxyl groups is 2. The standard InChI is InChI=1S/C5H8N2O3/c1-3-6-5(7-10-3)4(9)2-8/h4,8-9H,2H2,1H3/t4-/m0/s1. The smallest absolute Gasteiger partial charge is 0.223 e. The third-order valence-electron chi connectivity index (χ3n) is 1.01. The van der Waals surface area contributed by atoms with Crippen LogP contribution >= 0.6 is 0 Å². The highest BCUT2D eigenvalue weighted by atomic mass is 16.5. The van der Waals surface area contributed by atoms with Crippen molar-refractivity contribution in [2.75, 3.05) is 6.61 Å². The molecule has 56 valence electrons. The second kappa shape index (κ2) is 2.76. The van der Waals surface area contributed by atoms with E-state index in [-0.39, 0.29) is 12.4 Å². The Bertz CT molecular complexity index is 210. The van der Waals surface area contributed by atoms with Crippen molar-refractivity contribution in [2.24, 2.45) is 0 Å². The van der Waals surface area contributed by atoms with Crippen LogP contribution in [0.1, 0.15) is 17.8 Å². The number of aliphatic hydroxyl groups excluding tert-OH is 2. The van der Waals surface area contributed by atoms with Gasteiger partial charge in [-0.2, -0.15) is 4.98 Å². The first kappa shape index (κ1) is 7.17. The van der Waals surface area contributed by atoms with Crippen LogP contribution in [0.25, 0.3) is 0 Å². The van der Waals surface area contributed by atoms with E-state index in [9.17, 15) is 0 Å². The topological polar surface area (TPSA) is 79.4 Å². The molecule has 0 fully saturated rings. The Labute approximate surface area is 57.3 Å². The van der Waals surface area contributed by atoms with Gasteiger partial charge in [-0.05, 0) is 0 Å². The van der Waals surface area contributed by atoms with Crippen molar-refractivity contribution in [3.63, 3.8) is 0 Å². The lowest BCUT2D eigenvalue weighted by atomic mass is 10.4. The highest BCUT2D eigenvalue weighted by Crippen LogP contribution is 2.05. The molecule has 1 rings (SSSR count). The van der Waals surface area contributed by atoms with Crippen LogP contribution in [-0.4, -0.2) is 27.0 Å². The third kappa shape index (κ3) is 1.31. The molecule has 0 saturated carbocycles. The molecule has 0 aliphatic carbocycles. The first-order valence-corrected chi connectivity index (χ1v) is 2.83. The molecule has 5 heteroatoms. The van der Waals surface area contributed by atoms with Crippen molar-refractivity contribution in [3.8, 4) is 0 Å². The molecule has 1 atom stereocenters. The molecule has 5 nitrogen and oxygen atoms in total. The van der Waals surface area contributed by atoms with E-state index >= 15 is 0 Å². The quantitative estimate of drug-likeness (QED) is 0.579. The molecule has 10 heavy (non-hydrogen) atoms. The summed E-state index contributed by atoms with van der Waals surface area (Å²) in [6, 6.07) is 0. The highest BCUT2D eigenvalue weighted by molar-refractivity contribution is 4.88. The SMILES string of the molecule is Cc1nc([C@@H](O)CO)no1. The number of hydrogen-bond donors (Lipinski definition) is 2. The van der Waals surface area contributed by atoms with Gasteiger partial charge in [0, 0.05) is 6.92 Å². The van der Waals surface area contributed by atoms with E-state index in [1.807, 2.05) is 0 Å². The van der Waals surface area contributed by atoms with Crippen LogP contribution in [0.5, 0.6) is 0 Å². The summed E-state index contributed by atoms with van der Waals surface area (Å²) in [5.74, 6) is 0.502. The summed E-state index contributed by atoms with van der Waals surface area (Å²) in [4.78, 5) is 3.69. The van der Waals surface area contributed by atoms with Crippen molar-refractivity contribution in [1.82, 2.24) is 10.1 Å². The molecule has 1 heterocycles. The summed E-state index contributed by atoms with van der Waals surface area (Å²) in [6.45, 7) is 1.22. The lowest BCUT2D eigenvalue weighted by Crippen LogP contribution is -2.04. The van der Waals surface area contributed by atoms with Crippen molar-refractivity contribution in [3.05, 3.63) is 11.7 Å². The van der Waals surface area contributed by atoms with Gasteiger partial charge in [0.25, 0.3) is 0 Å². The average Bonchev–Trinajstić information content (AvgIpc) is 2.34. The van der Waals surface area contributed by atoms with Gasteiger partial charge in [-0.1, -0.05) is 5.16 Å². The van der Waals surface area contributed by atoms with Gasteiger partial charge < -0.3 is 14.7 Å². The number of hydrogen-bond acceptors (Lipinski definition) is 5. The molecule has 0 radical (unpaired) electrons.